The smallest absolute Gasteiger partial charge is 0.0991 e. The van der Waals surface area contributed by atoms with Crippen molar-refractivity contribution < 1.29 is 5.11 Å². The first-order valence-electron chi connectivity index (χ1n) is 3.92. The molecule has 0 amide bonds. The van der Waals surface area contributed by atoms with Crippen LogP contribution < -0.4 is 0 Å². The van der Waals surface area contributed by atoms with Gasteiger partial charge in [0.25, 0.3) is 0 Å². The van der Waals surface area contributed by atoms with Crippen LogP contribution in [0.1, 0.15) is 11.1 Å². The van der Waals surface area contributed by atoms with E-state index < -0.39 is 0 Å². The summed E-state index contributed by atoms with van der Waals surface area (Å²) in [6, 6.07) is 9.08. The summed E-state index contributed by atoms with van der Waals surface area (Å²) < 4.78 is 0. The largest absolute Gasteiger partial charge is 0.390 e. The van der Waals surface area contributed by atoms with Gasteiger partial charge in [0.1, 0.15) is 0 Å². The molecular formula is C10H10N2O. The molecule has 0 fully saturated rings. The maximum atomic E-state index is 8.63. The van der Waals surface area contributed by atoms with Crippen LogP contribution in [0.2, 0.25) is 0 Å². The Kier molecular flexibility index (Phi) is 3.18. The Labute approximate surface area is 76.8 Å². The van der Waals surface area contributed by atoms with Crippen LogP contribution >= 0.6 is 0 Å². The molecule has 3 nitrogen and oxygen atoms in total. The number of rotatable bonds is 3. The Morgan fingerprint density at radius 1 is 1.54 bits per heavy atom. The molecular weight excluding hydrogens is 164 g/mol. The monoisotopic (exact) mass is 174 g/mol. The topological polar surface area (TPSA) is 67.9 Å². The maximum Gasteiger partial charge on any atom is 0.0991 e. The lowest BCUT2D eigenvalue weighted by Crippen LogP contribution is -2.06. The molecule has 0 aliphatic carbocycles. The Bertz CT molecular complexity index is 352. The highest BCUT2D eigenvalue weighted by Gasteiger charge is 1.98. The third-order valence-corrected chi connectivity index (χ3v) is 1.66. The molecule has 66 valence electrons. The van der Waals surface area contributed by atoms with E-state index in [1.54, 1.807) is 18.2 Å². The lowest BCUT2D eigenvalue weighted by Gasteiger charge is -2.00. The first-order valence-corrected chi connectivity index (χ1v) is 3.92. The summed E-state index contributed by atoms with van der Waals surface area (Å²) in [4.78, 5) is 0. The van der Waals surface area contributed by atoms with Gasteiger partial charge in [0, 0.05) is 12.1 Å². The van der Waals surface area contributed by atoms with Crippen LogP contribution in [0, 0.1) is 16.7 Å². The zero-order valence-corrected chi connectivity index (χ0v) is 7.12. The first-order chi connectivity index (χ1) is 6.26. The molecule has 2 N–H and O–H groups in total. The van der Waals surface area contributed by atoms with E-state index in [4.69, 9.17) is 15.8 Å². The molecule has 13 heavy (non-hydrogen) atoms. The summed E-state index contributed by atoms with van der Waals surface area (Å²) in [6.07, 6.45) is 0.409. The summed E-state index contributed by atoms with van der Waals surface area (Å²) in [7, 11) is 0. The number of benzene rings is 1. The molecule has 0 heterocycles. The van der Waals surface area contributed by atoms with Crippen molar-refractivity contribution in [2.75, 3.05) is 6.61 Å². The lowest BCUT2D eigenvalue weighted by atomic mass is 10.1. The highest BCUT2D eigenvalue weighted by molar-refractivity contribution is 5.84. The number of nitriles is 1. The number of aliphatic hydroxyl groups is 1. The van der Waals surface area contributed by atoms with Gasteiger partial charge in [-0.05, 0) is 17.7 Å². The molecule has 0 bridgehead atoms. The molecule has 0 saturated carbocycles. The maximum absolute atomic E-state index is 8.63. The molecule has 0 aliphatic heterocycles. The van der Waals surface area contributed by atoms with Gasteiger partial charge in [0.15, 0.2) is 0 Å². The van der Waals surface area contributed by atoms with E-state index in [-0.39, 0.29) is 12.3 Å². The molecule has 0 aliphatic rings. The zero-order chi connectivity index (χ0) is 9.68. The molecule has 0 radical (unpaired) electrons. The van der Waals surface area contributed by atoms with Gasteiger partial charge in [-0.15, -0.1) is 0 Å². The average Bonchev–Trinajstić information content (AvgIpc) is 2.18. The Morgan fingerprint density at radius 2 is 2.31 bits per heavy atom. The van der Waals surface area contributed by atoms with Crippen molar-refractivity contribution in [3.05, 3.63) is 35.4 Å². The summed E-state index contributed by atoms with van der Waals surface area (Å²) >= 11 is 0. The van der Waals surface area contributed by atoms with Gasteiger partial charge in [-0.1, -0.05) is 12.1 Å². The molecule has 3 heteroatoms. The van der Waals surface area contributed by atoms with Crippen molar-refractivity contribution >= 4 is 5.71 Å². The Morgan fingerprint density at radius 3 is 2.92 bits per heavy atom. The van der Waals surface area contributed by atoms with Crippen molar-refractivity contribution in [2.45, 2.75) is 6.42 Å². The van der Waals surface area contributed by atoms with Crippen molar-refractivity contribution in [1.29, 1.82) is 10.7 Å². The lowest BCUT2D eigenvalue weighted by molar-refractivity contribution is 0.354. The number of hydrogen-bond acceptors (Lipinski definition) is 3. The fraction of sp³-hybridized carbons (Fsp3) is 0.200. The molecule has 0 spiro atoms. The third kappa shape index (κ3) is 2.69. The quantitative estimate of drug-likeness (QED) is 0.674. The van der Waals surface area contributed by atoms with E-state index >= 15 is 0 Å². The molecule has 1 rings (SSSR count). The van der Waals surface area contributed by atoms with Gasteiger partial charge in [-0.3, -0.25) is 0 Å². The summed E-state index contributed by atoms with van der Waals surface area (Å²) in [6.45, 7) is -0.225. The van der Waals surface area contributed by atoms with Crippen LogP contribution in [0.25, 0.3) is 0 Å². The predicted octanol–water partition coefficient (Wildman–Crippen LogP) is 1.11. The summed E-state index contributed by atoms with van der Waals surface area (Å²) in [5.74, 6) is 0. The normalized spacial score (nSPS) is 9.23. The average molecular weight is 174 g/mol. The van der Waals surface area contributed by atoms with Crippen LogP contribution in [0.3, 0.4) is 0 Å². The van der Waals surface area contributed by atoms with E-state index in [9.17, 15) is 0 Å². The van der Waals surface area contributed by atoms with Crippen molar-refractivity contribution in [3.8, 4) is 6.07 Å². The minimum atomic E-state index is -0.225. The number of hydrogen-bond donors (Lipinski definition) is 2. The standard InChI is InChI=1S/C10H10N2O/c11-6-9-3-1-2-8(4-9)5-10(12)7-13/h1-4,12-13H,5,7H2. The van der Waals surface area contributed by atoms with Gasteiger partial charge in [0.05, 0.1) is 18.2 Å². The van der Waals surface area contributed by atoms with Gasteiger partial charge in [0.2, 0.25) is 0 Å². The minimum absolute atomic E-state index is 0.225. The molecule has 1 aromatic rings. The van der Waals surface area contributed by atoms with Gasteiger partial charge < -0.3 is 10.5 Å². The summed E-state index contributed by atoms with van der Waals surface area (Å²) in [5.41, 5.74) is 1.73. The fourth-order valence-electron chi connectivity index (χ4n) is 1.05. The Balaban J connectivity index is 2.79. The molecule has 0 aromatic heterocycles. The van der Waals surface area contributed by atoms with Crippen LogP contribution in [0.15, 0.2) is 24.3 Å². The van der Waals surface area contributed by atoms with E-state index in [0.717, 1.165) is 5.56 Å². The number of nitrogens with one attached hydrogen (secondary N) is 1. The Hall–Kier alpha value is -1.66. The van der Waals surface area contributed by atoms with E-state index in [2.05, 4.69) is 0 Å². The number of nitrogens with zero attached hydrogens (tertiary/aromatic N) is 1. The predicted molar refractivity (Wildman–Crippen MR) is 49.7 cm³/mol. The van der Waals surface area contributed by atoms with E-state index in [1.165, 1.54) is 0 Å². The van der Waals surface area contributed by atoms with Crippen LogP contribution in [0.4, 0.5) is 0 Å². The zero-order valence-electron chi connectivity index (χ0n) is 7.12. The van der Waals surface area contributed by atoms with Crippen LogP contribution in [0.5, 0.6) is 0 Å². The minimum Gasteiger partial charge on any atom is -0.390 e. The second-order valence-corrected chi connectivity index (χ2v) is 2.75. The van der Waals surface area contributed by atoms with Crippen molar-refractivity contribution in [2.24, 2.45) is 0 Å². The van der Waals surface area contributed by atoms with Gasteiger partial charge in [-0.2, -0.15) is 5.26 Å². The fourth-order valence-corrected chi connectivity index (χ4v) is 1.05. The van der Waals surface area contributed by atoms with Crippen LogP contribution in [-0.2, 0) is 6.42 Å². The molecule has 0 saturated heterocycles. The van der Waals surface area contributed by atoms with Gasteiger partial charge >= 0.3 is 0 Å². The number of aliphatic hydroxyl groups excluding tert-OH is 1. The summed E-state index contributed by atoms with van der Waals surface area (Å²) in [5, 5.41) is 24.5. The van der Waals surface area contributed by atoms with E-state index in [0.29, 0.717) is 12.0 Å². The van der Waals surface area contributed by atoms with E-state index in [1.807, 2.05) is 12.1 Å². The van der Waals surface area contributed by atoms with Crippen molar-refractivity contribution in [3.63, 3.8) is 0 Å². The third-order valence-electron chi connectivity index (χ3n) is 1.66. The molecule has 0 unspecified atom stereocenters. The van der Waals surface area contributed by atoms with Crippen molar-refractivity contribution in [1.82, 2.24) is 0 Å². The van der Waals surface area contributed by atoms with Crippen LogP contribution in [-0.4, -0.2) is 17.4 Å². The van der Waals surface area contributed by atoms with Gasteiger partial charge in [-0.25, -0.2) is 0 Å². The second-order valence-electron chi connectivity index (χ2n) is 2.75. The highest BCUT2D eigenvalue weighted by Crippen LogP contribution is 2.05. The molecule has 0 atom stereocenters. The molecule has 1 aromatic carbocycles. The highest BCUT2D eigenvalue weighted by atomic mass is 16.3. The SMILES string of the molecule is N#Cc1cccc(CC(=N)CO)c1. The second kappa shape index (κ2) is 4.39. The first kappa shape index (κ1) is 9.43.